The molecule has 2 heterocycles. The molecule has 0 bridgehead atoms. The summed E-state index contributed by atoms with van der Waals surface area (Å²) in [6.45, 7) is 1.86. The topological polar surface area (TPSA) is 77.8 Å². The fourth-order valence-electron chi connectivity index (χ4n) is 1.13. The molecule has 0 unspecified atom stereocenters. The number of nitrogen functional groups attached to an aromatic ring is 1. The van der Waals surface area contributed by atoms with Gasteiger partial charge < -0.3 is 10.2 Å². The van der Waals surface area contributed by atoms with Crippen LogP contribution < -0.4 is 5.73 Å². The van der Waals surface area contributed by atoms with Crippen LogP contribution in [0.2, 0.25) is 0 Å². The van der Waals surface area contributed by atoms with Crippen LogP contribution in [0.5, 0.6) is 0 Å². The van der Waals surface area contributed by atoms with Gasteiger partial charge in [0.05, 0.1) is 0 Å². The number of furan rings is 1. The van der Waals surface area contributed by atoms with Crippen molar-refractivity contribution in [3.63, 3.8) is 0 Å². The van der Waals surface area contributed by atoms with Gasteiger partial charge in [-0.3, -0.25) is 0 Å². The van der Waals surface area contributed by atoms with E-state index in [0.29, 0.717) is 16.7 Å². The molecule has 0 radical (unpaired) electrons. The monoisotopic (exact) mass is 222 g/mol. The SMILES string of the molecule is CSc1nc(N)nc(-c2ccc(C)o2)n1. The molecule has 0 spiro atoms. The Balaban J connectivity index is 2.48. The van der Waals surface area contributed by atoms with Crippen molar-refractivity contribution in [3.8, 4) is 11.6 Å². The smallest absolute Gasteiger partial charge is 0.224 e. The van der Waals surface area contributed by atoms with Gasteiger partial charge in [0.25, 0.3) is 0 Å². The molecule has 2 aromatic rings. The van der Waals surface area contributed by atoms with Crippen LogP contribution in [0.1, 0.15) is 5.76 Å². The van der Waals surface area contributed by atoms with Crippen LogP contribution in [0.3, 0.4) is 0 Å². The Morgan fingerprint density at radius 1 is 1.27 bits per heavy atom. The second-order valence-electron chi connectivity index (χ2n) is 2.91. The lowest BCUT2D eigenvalue weighted by atomic mass is 10.4. The van der Waals surface area contributed by atoms with Crippen molar-refractivity contribution < 1.29 is 4.42 Å². The highest BCUT2D eigenvalue weighted by Gasteiger charge is 2.09. The van der Waals surface area contributed by atoms with Gasteiger partial charge >= 0.3 is 0 Å². The zero-order chi connectivity index (χ0) is 10.8. The fraction of sp³-hybridized carbons (Fsp3) is 0.222. The molecule has 2 rings (SSSR count). The number of rotatable bonds is 2. The Morgan fingerprint density at radius 2 is 2.07 bits per heavy atom. The highest BCUT2D eigenvalue weighted by molar-refractivity contribution is 7.98. The van der Waals surface area contributed by atoms with Crippen molar-refractivity contribution in [1.29, 1.82) is 0 Å². The molecule has 0 saturated heterocycles. The van der Waals surface area contributed by atoms with Gasteiger partial charge in [-0.1, -0.05) is 11.8 Å². The zero-order valence-corrected chi connectivity index (χ0v) is 9.21. The van der Waals surface area contributed by atoms with E-state index in [1.165, 1.54) is 11.8 Å². The number of hydrogen-bond acceptors (Lipinski definition) is 6. The molecular weight excluding hydrogens is 212 g/mol. The predicted molar refractivity (Wildman–Crippen MR) is 58.5 cm³/mol. The average molecular weight is 222 g/mol. The molecule has 0 aliphatic carbocycles. The number of anilines is 1. The van der Waals surface area contributed by atoms with Crippen molar-refractivity contribution in [2.45, 2.75) is 12.1 Å². The molecule has 0 aliphatic rings. The number of hydrogen-bond donors (Lipinski definition) is 1. The summed E-state index contributed by atoms with van der Waals surface area (Å²) >= 11 is 1.41. The molecule has 0 saturated carbocycles. The van der Waals surface area contributed by atoms with Gasteiger partial charge in [-0.15, -0.1) is 0 Å². The Morgan fingerprint density at radius 3 is 2.67 bits per heavy atom. The number of aryl methyl sites for hydroxylation is 1. The molecule has 5 nitrogen and oxygen atoms in total. The quantitative estimate of drug-likeness (QED) is 0.780. The number of thioether (sulfide) groups is 1. The molecule has 2 N–H and O–H groups in total. The standard InChI is InChI=1S/C9H10N4OS/c1-5-3-4-6(14-5)7-11-8(10)13-9(12-7)15-2/h3-4H,1-2H3,(H2,10,11,12,13). The highest BCUT2D eigenvalue weighted by Crippen LogP contribution is 2.20. The molecule has 2 aromatic heterocycles. The van der Waals surface area contributed by atoms with E-state index in [2.05, 4.69) is 15.0 Å². The first kappa shape index (κ1) is 9.97. The Hall–Kier alpha value is -1.56. The molecule has 15 heavy (non-hydrogen) atoms. The molecular formula is C9H10N4OS. The van der Waals surface area contributed by atoms with Crippen LogP contribution in [0.15, 0.2) is 21.7 Å². The number of aromatic nitrogens is 3. The summed E-state index contributed by atoms with van der Waals surface area (Å²) in [6, 6.07) is 3.67. The first-order valence-corrected chi connectivity index (χ1v) is 5.54. The van der Waals surface area contributed by atoms with Gasteiger partial charge in [0, 0.05) is 0 Å². The van der Waals surface area contributed by atoms with E-state index in [0.717, 1.165) is 5.76 Å². The normalized spacial score (nSPS) is 10.5. The minimum absolute atomic E-state index is 0.207. The average Bonchev–Trinajstić information content (AvgIpc) is 2.64. The van der Waals surface area contributed by atoms with Gasteiger partial charge in [-0.05, 0) is 25.3 Å². The van der Waals surface area contributed by atoms with Gasteiger partial charge in [-0.2, -0.15) is 15.0 Å². The maximum atomic E-state index is 5.56. The van der Waals surface area contributed by atoms with Crippen molar-refractivity contribution in [2.24, 2.45) is 0 Å². The van der Waals surface area contributed by atoms with E-state index in [-0.39, 0.29) is 5.95 Å². The van der Waals surface area contributed by atoms with Crippen molar-refractivity contribution in [3.05, 3.63) is 17.9 Å². The minimum atomic E-state index is 0.207. The highest BCUT2D eigenvalue weighted by atomic mass is 32.2. The van der Waals surface area contributed by atoms with Gasteiger partial charge in [0.15, 0.2) is 10.9 Å². The lowest BCUT2D eigenvalue weighted by molar-refractivity contribution is 0.542. The van der Waals surface area contributed by atoms with Crippen molar-refractivity contribution in [2.75, 3.05) is 12.0 Å². The summed E-state index contributed by atoms with van der Waals surface area (Å²) in [4.78, 5) is 12.2. The van der Waals surface area contributed by atoms with Crippen LogP contribution in [0.4, 0.5) is 5.95 Å². The molecule has 0 aromatic carbocycles. The van der Waals surface area contributed by atoms with E-state index in [4.69, 9.17) is 10.2 Å². The van der Waals surface area contributed by atoms with Crippen LogP contribution in [0, 0.1) is 6.92 Å². The Labute approximate surface area is 91.1 Å². The largest absolute Gasteiger partial charge is 0.458 e. The summed E-state index contributed by atoms with van der Waals surface area (Å²) in [5.74, 6) is 2.10. The summed E-state index contributed by atoms with van der Waals surface area (Å²) in [5.41, 5.74) is 5.56. The molecule has 6 heteroatoms. The fourth-order valence-corrected chi connectivity index (χ4v) is 1.49. The third-order valence-corrected chi connectivity index (χ3v) is 2.32. The van der Waals surface area contributed by atoms with E-state index < -0.39 is 0 Å². The Bertz CT molecular complexity index is 483. The first-order valence-electron chi connectivity index (χ1n) is 4.31. The number of nitrogens with two attached hydrogens (primary N) is 1. The Kier molecular flexibility index (Phi) is 2.59. The zero-order valence-electron chi connectivity index (χ0n) is 8.39. The van der Waals surface area contributed by atoms with Crippen molar-refractivity contribution in [1.82, 2.24) is 15.0 Å². The second-order valence-corrected chi connectivity index (χ2v) is 3.69. The van der Waals surface area contributed by atoms with E-state index in [9.17, 15) is 0 Å². The molecule has 0 atom stereocenters. The van der Waals surface area contributed by atoms with Gasteiger partial charge in [0.1, 0.15) is 5.76 Å². The predicted octanol–water partition coefficient (Wildman–Crippen LogP) is 1.74. The van der Waals surface area contributed by atoms with Crippen LogP contribution in [-0.2, 0) is 0 Å². The minimum Gasteiger partial charge on any atom is -0.458 e. The van der Waals surface area contributed by atoms with Crippen LogP contribution in [0.25, 0.3) is 11.6 Å². The van der Waals surface area contributed by atoms with Gasteiger partial charge in [0.2, 0.25) is 11.8 Å². The lowest BCUT2D eigenvalue weighted by Gasteiger charge is -1.99. The summed E-state index contributed by atoms with van der Waals surface area (Å²) in [6.07, 6.45) is 1.88. The van der Waals surface area contributed by atoms with E-state index in [1.807, 2.05) is 25.3 Å². The molecule has 78 valence electrons. The second kappa shape index (κ2) is 3.90. The summed E-state index contributed by atoms with van der Waals surface area (Å²) in [7, 11) is 0. The molecule has 0 fully saturated rings. The third kappa shape index (κ3) is 2.10. The molecule has 0 aliphatic heterocycles. The summed E-state index contributed by atoms with van der Waals surface area (Å²) in [5, 5.41) is 0.589. The van der Waals surface area contributed by atoms with Crippen LogP contribution >= 0.6 is 11.8 Å². The van der Waals surface area contributed by atoms with Gasteiger partial charge in [-0.25, -0.2) is 0 Å². The number of nitrogens with zero attached hydrogens (tertiary/aromatic N) is 3. The lowest BCUT2D eigenvalue weighted by Crippen LogP contribution is -2.00. The van der Waals surface area contributed by atoms with Crippen molar-refractivity contribution >= 4 is 17.7 Å². The maximum Gasteiger partial charge on any atom is 0.224 e. The summed E-state index contributed by atoms with van der Waals surface area (Å²) < 4.78 is 5.41. The van der Waals surface area contributed by atoms with Crippen LogP contribution in [-0.4, -0.2) is 21.2 Å². The van der Waals surface area contributed by atoms with E-state index in [1.54, 1.807) is 0 Å². The maximum absolute atomic E-state index is 5.56. The van der Waals surface area contributed by atoms with E-state index >= 15 is 0 Å². The third-order valence-electron chi connectivity index (χ3n) is 1.78. The first-order chi connectivity index (χ1) is 7.19. The molecule has 0 amide bonds.